The molecule has 9 heteroatoms. The lowest BCUT2D eigenvalue weighted by molar-refractivity contribution is -0.0426. The summed E-state index contributed by atoms with van der Waals surface area (Å²) in [5.41, 5.74) is 2.27. The summed E-state index contributed by atoms with van der Waals surface area (Å²) in [7, 11) is 1.70. The molecule has 1 fully saturated rings. The Morgan fingerprint density at radius 2 is 1.72 bits per heavy atom. The third-order valence-electron chi connectivity index (χ3n) is 8.65. The normalized spacial score (nSPS) is 33.8. The first kappa shape index (κ1) is 25.9. The zero-order valence-electron chi connectivity index (χ0n) is 22.5. The molecule has 5 atom stereocenters. The molecule has 200 valence electrons. The molecule has 3 heterocycles. The molecule has 1 spiro atoms. The molecule has 1 aromatic rings. The summed E-state index contributed by atoms with van der Waals surface area (Å²) in [4.78, 5) is 7.39. The van der Waals surface area contributed by atoms with Gasteiger partial charge in [-0.25, -0.2) is 0 Å². The molecule has 5 rings (SSSR count). The molecular formula is C27H44N6O3. The molecule has 36 heavy (non-hydrogen) atoms. The Labute approximate surface area is 215 Å². The van der Waals surface area contributed by atoms with Gasteiger partial charge in [0.25, 0.3) is 0 Å². The summed E-state index contributed by atoms with van der Waals surface area (Å²) in [5, 5.41) is 21.9. The number of nitrogens with one attached hydrogen (secondary N) is 3. The number of ether oxygens (including phenoxy) is 2. The zero-order chi connectivity index (χ0) is 25.4. The minimum atomic E-state index is -0.471. The van der Waals surface area contributed by atoms with Crippen molar-refractivity contribution in [2.24, 2.45) is 0 Å². The van der Waals surface area contributed by atoms with Crippen LogP contribution in [0.3, 0.4) is 0 Å². The predicted molar refractivity (Wildman–Crippen MR) is 140 cm³/mol. The highest BCUT2D eigenvalue weighted by Gasteiger charge is 2.53. The second kappa shape index (κ2) is 10.6. The lowest BCUT2D eigenvalue weighted by Gasteiger charge is -2.49. The zero-order valence-corrected chi connectivity index (χ0v) is 22.5. The lowest BCUT2D eigenvalue weighted by atomic mass is 9.69. The Kier molecular flexibility index (Phi) is 7.61. The van der Waals surface area contributed by atoms with E-state index in [-0.39, 0.29) is 30.4 Å². The van der Waals surface area contributed by atoms with Crippen LogP contribution in [0.2, 0.25) is 0 Å². The summed E-state index contributed by atoms with van der Waals surface area (Å²) >= 11 is 0. The van der Waals surface area contributed by atoms with Gasteiger partial charge in [-0.1, -0.05) is 45.9 Å². The number of aliphatic hydroxyl groups is 1. The van der Waals surface area contributed by atoms with Gasteiger partial charge in [0.2, 0.25) is 0 Å². The van der Waals surface area contributed by atoms with E-state index >= 15 is 0 Å². The van der Waals surface area contributed by atoms with E-state index < -0.39 is 6.10 Å². The molecule has 9 nitrogen and oxygen atoms in total. The minimum Gasteiger partial charge on any atom is -0.493 e. The van der Waals surface area contributed by atoms with Crippen molar-refractivity contribution in [3.63, 3.8) is 0 Å². The SMILES string of the molecule is CCN(CC)C1NC(N(CC)CC)NC(N2CCC34C=C[C@H](O)CC3Oc3c(OC)ccc(c34)C2)N1. The fraction of sp³-hybridized carbons (Fsp3) is 0.704. The predicted octanol–water partition coefficient (Wildman–Crippen LogP) is 1.54. The summed E-state index contributed by atoms with van der Waals surface area (Å²) in [6.07, 6.45) is 5.31. The maximum atomic E-state index is 10.4. The van der Waals surface area contributed by atoms with Gasteiger partial charge in [0, 0.05) is 25.1 Å². The van der Waals surface area contributed by atoms with E-state index in [4.69, 9.17) is 9.47 Å². The molecule has 0 saturated carbocycles. The molecule has 4 aliphatic rings. The van der Waals surface area contributed by atoms with Gasteiger partial charge in [-0.3, -0.25) is 30.7 Å². The van der Waals surface area contributed by atoms with Crippen molar-refractivity contribution < 1.29 is 14.6 Å². The van der Waals surface area contributed by atoms with Gasteiger partial charge in [-0.15, -0.1) is 0 Å². The van der Waals surface area contributed by atoms with Crippen LogP contribution in [0.1, 0.15) is 51.7 Å². The van der Waals surface area contributed by atoms with Crippen molar-refractivity contribution in [1.82, 2.24) is 30.7 Å². The maximum absolute atomic E-state index is 10.4. The first-order valence-corrected chi connectivity index (χ1v) is 13.7. The number of hydrogen-bond acceptors (Lipinski definition) is 9. The van der Waals surface area contributed by atoms with Crippen LogP contribution in [0.4, 0.5) is 0 Å². The molecule has 0 radical (unpaired) electrons. The Bertz CT molecular complexity index is 932. The first-order chi connectivity index (χ1) is 17.5. The van der Waals surface area contributed by atoms with Gasteiger partial charge in [0.15, 0.2) is 11.5 Å². The summed E-state index contributed by atoms with van der Waals surface area (Å²) < 4.78 is 12.2. The molecule has 1 saturated heterocycles. The topological polar surface area (TPSA) is 84.5 Å². The highest BCUT2D eigenvalue weighted by Crippen LogP contribution is 2.55. The number of benzene rings is 1. The van der Waals surface area contributed by atoms with E-state index in [9.17, 15) is 5.11 Å². The van der Waals surface area contributed by atoms with Crippen LogP contribution in [-0.4, -0.2) is 90.7 Å². The maximum Gasteiger partial charge on any atom is 0.166 e. The molecule has 0 amide bonds. The van der Waals surface area contributed by atoms with E-state index in [1.165, 1.54) is 11.1 Å². The molecule has 1 aromatic carbocycles. The van der Waals surface area contributed by atoms with Crippen LogP contribution in [0, 0.1) is 0 Å². The van der Waals surface area contributed by atoms with E-state index in [2.05, 4.69) is 70.5 Å². The van der Waals surface area contributed by atoms with Crippen molar-refractivity contribution >= 4 is 0 Å². The van der Waals surface area contributed by atoms with Gasteiger partial charge >= 0.3 is 0 Å². The second-order valence-corrected chi connectivity index (χ2v) is 10.3. The second-order valence-electron chi connectivity index (χ2n) is 10.3. The van der Waals surface area contributed by atoms with Crippen LogP contribution < -0.4 is 25.4 Å². The number of methoxy groups -OCH3 is 1. The van der Waals surface area contributed by atoms with Crippen molar-refractivity contribution in [1.29, 1.82) is 0 Å². The van der Waals surface area contributed by atoms with Crippen molar-refractivity contribution in [3.8, 4) is 11.5 Å². The molecule has 0 bridgehead atoms. The highest BCUT2D eigenvalue weighted by atomic mass is 16.5. The minimum absolute atomic E-state index is 0.00737. The fourth-order valence-corrected chi connectivity index (χ4v) is 6.58. The molecule has 1 aliphatic carbocycles. The van der Waals surface area contributed by atoms with Crippen LogP contribution in [0.25, 0.3) is 0 Å². The summed E-state index contributed by atoms with van der Waals surface area (Å²) in [5.74, 6) is 1.63. The number of aliphatic hydroxyl groups excluding tert-OH is 1. The van der Waals surface area contributed by atoms with Crippen molar-refractivity contribution in [2.45, 2.75) is 83.6 Å². The molecule has 0 aromatic heterocycles. The van der Waals surface area contributed by atoms with E-state index in [1.54, 1.807) is 7.11 Å². The van der Waals surface area contributed by atoms with Crippen LogP contribution in [-0.2, 0) is 12.0 Å². The van der Waals surface area contributed by atoms with Gasteiger partial charge in [0.05, 0.1) is 18.6 Å². The molecule has 3 aliphatic heterocycles. The highest BCUT2D eigenvalue weighted by molar-refractivity contribution is 5.61. The lowest BCUT2D eigenvalue weighted by Crippen LogP contribution is -2.78. The van der Waals surface area contributed by atoms with E-state index in [0.29, 0.717) is 6.42 Å². The fourth-order valence-electron chi connectivity index (χ4n) is 6.58. The van der Waals surface area contributed by atoms with Gasteiger partial charge in [-0.2, -0.15) is 0 Å². The Hall–Kier alpha value is -1.72. The average molecular weight is 501 g/mol. The third-order valence-corrected chi connectivity index (χ3v) is 8.65. The number of rotatable bonds is 8. The first-order valence-electron chi connectivity index (χ1n) is 13.7. The standard InChI is InChI=1S/C27H44N6O3/c1-6-31(7-2)24-28-25(32(8-3)9-4)30-26(29-24)33-15-14-27-13-12-19(34)16-21(27)36-23-20(35-5)11-10-18(17-33)22(23)27/h10-13,19,21,24-26,28-30,34H,6-9,14-17H2,1-5H3/t19-,21?,24?,25?,26?,27?/m0/s1. The summed E-state index contributed by atoms with van der Waals surface area (Å²) in [6.45, 7) is 14.5. The van der Waals surface area contributed by atoms with Crippen molar-refractivity contribution in [3.05, 3.63) is 35.4 Å². The van der Waals surface area contributed by atoms with Crippen molar-refractivity contribution in [2.75, 3.05) is 39.8 Å². The molecule has 4 unspecified atom stereocenters. The largest absolute Gasteiger partial charge is 0.493 e. The van der Waals surface area contributed by atoms with E-state index in [0.717, 1.165) is 57.2 Å². The quantitative estimate of drug-likeness (QED) is 0.397. The Morgan fingerprint density at radius 1 is 1.06 bits per heavy atom. The van der Waals surface area contributed by atoms with E-state index in [1.807, 2.05) is 12.1 Å². The van der Waals surface area contributed by atoms with Crippen LogP contribution in [0.15, 0.2) is 24.3 Å². The number of hydrogen-bond donors (Lipinski definition) is 4. The molecule has 4 N–H and O–H groups in total. The monoisotopic (exact) mass is 500 g/mol. The number of nitrogens with zero attached hydrogens (tertiary/aromatic N) is 3. The van der Waals surface area contributed by atoms with Gasteiger partial charge in [0.1, 0.15) is 25.0 Å². The molecular weight excluding hydrogens is 456 g/mol. The van der Waals surface area contributed by atoms with Crippen LogP contribution >= 0.6 is 0 Å². The Balaban J connectivity index is 1.49. The van der Waals surface area contributed by atoms with Gasteiger partial charge < -0.3 is 14.6 Å². The summed E-state index contributed by atoms with van der Waals surface area (Å²) in [6, 6.07) is 4.23. The smallest absolute Gasteiger partial charge is 0.166 e. The average Bonchev–Trinajstić information content (AvgIpc) is 3.12. The van der Waals surface area contributed by atoms with Crippen LogP contribution in [0.5, 0.6) is 11.5 Å². The third kappa shape index (κ3) is 4.34. The van der Waals surface area contributed by atoms with Gasteiger partial charge in [-0.05, 0) is 44.2 Å². The Morgan fingerprint density at radius 3 is 2.33 bits per heavy atom.